The minimum Gasteiger partial charge on any atom is -0.465 e. The number of amides is 2. The summed E-state index contributed by atoms with van der Waals surface area (Å²) in [7, 11) is 0. The number of carbonyl (C=O) groups excluding carboxylic acids is 1. The average Bonchev–Trinajstić information content (AvgIpc) is 3.12. The first-order valence-electron chi connectivity index (χ1n) is 14.1. The van der Waals surface area contributed by atoms with Crippen molar-refractivity contribution in [2.24, 2.45) is 0 Å². The Balaban J connectivity index is 1.58. The van der Waals surface area contributed by atoms with Crippen molar-refractivity contribution in [1.82, 2.24) is 15.2 Å². The van der Waals surface area contributed by atoms with Crippen molar-refractivity contribution in [3.63, 3.8) is 0 Å². The van der Waals surface area contributed by atoms with Gasteiger partial charge in [0.2, 0.25) is 0 Å². The molecule has 41 heavy (non-hydrogen) atoms. The number of benzene rings is 2. The van der Waals surface area contributed by atoms with Crippen molar-refractivity contribution in [2.75, 3.05) is 0 Å². The summed E-state index contributed by atoms with van der Waals surface area (Å²) in [6, 6.07) is 23.1. The number of hydrogen-bond donors (Lipinski definition) is 2. The third kappa shape index (κ3) is 8.07. The second kappa shape index (κ2) is 12.3. The van der Waals surface area contributed by atoms with Crippen LogP contribution in [0.2, 0.25) is 0 Å². The first-order valence-corrected chi connectivity index (χ1v) is 14.1. The summed E-state index contributed by atoms with van der Waals surface area (Å²) in [6.07, 6.45) is -0.574. The Morgan fingerprint density at radius 1 is 1.02 bits per heavy atom. The zero-order chi connectivity index (χ0) is 29.8. The molecule has 2 heterocycles. The maximum Gasteiger partial charge on any atom is 0.409 e. The van der Waals surface area contributed by atoms with Crippen molar-refractivity contribution >= 4 is 12.2 Å². The van der Waals surface area contributed by atoms with Gasteiger partial charge < -0.3 is 19.9 Å². The Morgan fingerprint density at radius 3 is 2.32 bits per heavy atom. The fourth-order valence-corrected chi connectivity index (χ4v) is 5.47. The number of rotatable bonds is 8. The number of carbonyl (C=O) groups is 2. The van der Waals surface area contributed by atoms with E-state index in [0.29, 0.717) is 19.3 Å². The highest BCUT2D eigenvalue weighted by atomic mass is 16.6. The molecule has 0 aliphatic carbocycles. The highest BCUT2D eigenvalue weighted by molar-refractivity contribution is 5.68. The Labute approximate surface area is 242 Å². The summed E-state index contributed by atoms with van der Waals surface area (Å²) in [5.74, 6) is 0. The van der Waals surface area contributed by atoms with E-state index in [4.69, 9.17) is 9.47 Å². The number of nitrogens with one attached hydrogen (secondary N) is 1. The van der Waals surface area contributed by atoms with Gasteiger partial charge in [-0.3, -0.25) is 9.88 Å². The summed E-state index contributed by atoms with van der Waals surface area (Å²) in [5.41, 5.74) is 3.20. The number of nitrogens with zero attached hydrogens (tertiary/aromatic N) is 2. The third-order valence-corrected chi connectivity index (χ3v) is 7.13. The van der Waals surface area contributed by atoms with Crippen molar-refractivity contribution in [3.8, 4) is 11.3 Å². The molecule has 2 N–H and O–H groups in total. The first-order chi connectivity index (χ1) is 19.3. The molecule has 0 radical (unpaired) electrons. The molecular weight excluding hydrogens is 518 g/mol. The van der Waals surface area contributed by atoms with Gasteiger partial charge in [0.05, 0.1) is 17.8 Å². The minimum atomic E-state index is -1.04. The van der Waals surface area contributed by atoms with Crippen LogP contribution >= 0.6 is 0 Å². The van der Waals surface area contributed by atoms with Gasteiger partial charge >= 0.3 is 12.2 Å². The first kappa shape index (κ1) is 30.1. The highest BCUT2D eigenvalue weighted by Crippen LogP contribution is 2.36. The fourth-order valence-electron chi connectivity index (χ4n) is 5.47. The SMILES string of the molecule is Cc1cccc(-c2ccc(C[C@H]3[C@H](C[C@@H](Cc4ccccc4)NC(=O)OC(C)(C)C)OC(C)(C)N3C(=O)O)cc2)n1. The molecule has 218 valence electrons. The zero-order valence-corrected chi connectivity index (χ0v) is 24.8. The van der Waals surface area contributed by atoms with Crippen LogP contribution < -0.4 is 5.32 Å². The summed E-state index contributed by atoms with van der Waals surface area (Å²) in [5, 5.41) is 13.2. The third-order valence-electron chi connectivity index (χ3n) is 7.13. The molecule has 3 atom stereocenters. The number of aryl methyl sites for hydroxylation is 1. The lowest BCUT2D eigenvalue weighted by atomic mass is 9.93. The Kier molecular flexibility index (Phi) is 9.02. The van der Waals surface area contributed by atoms with Gasteiger partial charge in [-0.05, 0) is 84.1 Å². The second-order valence-corrected chi connectivity index (χ2v) is 12.2. The van der Waals surface area contributed by atoms with Crippen LogP contribution in [-0.4, -0.2) is 56.7 Å². The largest absolute Gasteiger partial charge is 0.465 e. The standard InChI is InChI=1S/C33H41N3O5/c1-22-11-10-14-27(34-22)25-17-15-24(16-18-25)20-28-29(40-33(5,6)36(28)31(38)39)21-26(19-23-12-8-7-9-13-23)35-30(37)41-32(2,3)4/h7-18,26,28-29H,19-21H2,1-6H3,(H,35,37)(H,38,39)/t26-,28+,29+/m1/s1. The van der Waals surface area contributed by atoms with Crippen molar-refractivity contribution in [2.45, 2.75) is 90.3 Å². The summed E-state index contributed by atoms with van der Waals surface area (Å²) < 4.78 is 12.0. The molecule has 2 amide bonds. The number of aromatic nitrogens is 1. The predicted molar refractivity (Wildman–Crippen MR) is 159 cm³/mol. The van der Waals surface area contributed by atoms with Crippen molar-refractivity contribution in [1.29, 1.82) is 0 Å². The lowest BCUT2D eigenvalue weighted by molar-refractivity contribution is -0.0695. The van der Waals surface area contributed by atoms with Crippen LogP contribution in [0.4, 0.5) is 9.59 Å². The molecule has 1 aliphatic heterocycles. The van der Waals surface area contributed by atoms with Crippen molar-refractivity contribution in [3.05, 3.63) is 89.6 Å². The topological polar surface area (TPSA) is 101 Å². The van der Waals surface area contributed by atoms with E-state index in [1.165, 1.54) is 4.90 Å². The molecule has 0 saturated carbocycles. The van der Waals surface area contributed by atoms with Gasteiger partial charge in [0, 0.05) is 17.3 Å². The number of carboxylic acid groups (broad SMARTS) is 1. The van der Waals surface area contributed by atoms with Gasteiger partial charge in [0.25, 0.3) is 0 Å². The van der Waals surface area contributed by atoms with Crippen LogP contribution in [0.15, 0.2) is 72.8 Å². The molecular formula is C33H41N3O5. The van der Waals surface area contributed by atoms with Gasteiger partial charge in [-0.2, -0.15) is 0 Å². The van der Waals surface area contributed by atoms with E-state index in [1.807, 2.05) is 100 Å². The lowest BCUT2D eigenvalue weighted by Gasteiger charge is -2.31. The van der Waals surface area contributed by atoms with Crippen LogP contribution in [-0.2, 0) is 22.3 Å². The molecule has 1 fully saturated rings. The normalized spacial score (nSPS) is 19.0. The summed E-state index contributed by atoms with van der Waals surface area (Å²) in [6.45, 7) is 11.0. The molecule has 1 aliphatic rings. The Hall–Kier alpha value is -3.91. The zero-order valence-electron chi connectivity index (χ0n) is 24.8. The maximum atomic E-state index is 12.8. The van der Waals surface area contributed by atoms with Gasteiger partial charge in [0.1, 0.15) is 11.3 Å². The van der Waals surface area contributed by atoms with E-state index in [1.54, 1.807) is 13.8 Å². The van der Waals surface area contributed by atoms with E-state index >= 15 is 0 Å². The summed E-state index contributed by atoms with van der Waals surface area (Å²) in [4.78, 5) is 31.3. The van der Waals surface area contributed by atoms with Crippen LogP contribution in [0, 0.1) is 6.92 Å². The van der Waals surface area contributed by atoms with Crippen LogP contribution in [0.1, 0.15) is 57.9 Å². The van der Waals surface area contributed by atoms with E-state index in [0.717, 1.165) is 28.1 Å². The molecule has 0 bridgehead atoms. The number of hydrogen-bond acceptors (Lipinski definition) is 5. The average molecular weight is 560 g/mol. The minimum absolute atomic E-state index is 0.334. The van der Waals surface area contributed by atoms with E-state index in [2.05, 4.69) is 10.3 Å². The highest BCUT2D eigenvalue weighted by Gasteiger charge is 2.50. The fraction of sp³-hybridized carbons (Fsp3) is 0.424. The molecule has 4 rings (SSSR count). The van der Waals surface area contributed by atoms with Crippen LogP contribution in [0.5, 0.6) is 0 Å². The molecule has 8 heteroatoms. The number of pyridine rings is 1. The predicted octanol–water partition coefficient (Wildman–Crippen LogP) is 6.61. The lowest BCUT2D eigenvalue weighted by Crippen LogP contribution is -2.49. The van der Waals surface area contributed by atoms with Gasteiger partial charge in [-0.1, -0.05) is 60.7 Å². The van der Waals surface area contributed by atoms with Gasteiger partial charge in [-0.25, -0.2) is 9.59 Å². The Morgan fingerprint density at radius 2 is 1.71 bits per heavy atom. The smallest absolute Gasteiger partial charge is 0.409 e. The van der Waals surface area contributed by atoms with Gasteiger partial charge in [-0.15, -0.1) is 0 Å². The van der Waals surface area contributed by atoms with Crippen LogP contribution in [0.3, 0.4) is 0 Å². The molecule has 3 aromatic rings. The maximum absolute atomic E-state index is 12.8. The van der Waals surface area contributed by atoms with Crippen LogP contribution in [0.25, 0.3) is 11.3 Å². The molecule has 2 aromatic carbocycles. The van der Waals surface area contributed by atoms with Gasteiger partial charge in [0.15, 0.2) is 0 Å². The monoisotopic (exact) mass is 559 g/mol. The van der Waals surface area contributed by atoms with E-state index < -0.39 is 35.7 Å². The van der Waals surface area contributed by atoms with E-state index in [-0.39, 0.29) is 6.04 Å². The quantitative estimate of drug-likeness (QED) is 0.322. The molecule has 1 saturated heterocycles. The molecule has 0 spiro atoms. The number of alkyl carbamates (subject to hydrolysis) is 1. The second-order valence-electron chi connectivity index (χ2n) is 12.2. The van der Waals surface area contributed by atoms with E-state index in [9.17, 15) is 14.7 Å². The molecule has 8 nitrogen and oxygen atoms in total. The Bertz CT molecular complexity index is 1330. The molecule has 0 unspecified atom stereocenters. The summed E-state index contributed by atoms with van der Waals surface area (Å²) >= 11 is 0. The number of ether oxygens (including phenoxy) is 2. The van der Waals surface area contributed by atoms with Crippen molar-refractivity contribution < 1.29 is 24.2 Å². The molecule has 1 aromatic heterocycles.